The molecule has 0 radical (unpaired) electrons. The zero-order chi connectivity index (χ0) is 26.2. The van der Waals surface area contributed by atoms with Crippen LogP contribution in [0.15, 0.2) is 30.3 Å². The highest BCUT2D eigenvalue weighted by molar-refractivity contribution is 6.31. The Balaban J connectivity index is 1.42. The smallest absolute Gasteiger partial charge is 0.354 e. The van der Waals surface area contributed by atoms with E-state index in [0.717, 1.165) is 75.0 Å². The molecule has 2 aromatic heterocycles. The van der Waals surface area contributed by atoms with Crippen LogP contribution in [-0.2, 0) is 6.54 Å². The fourth-order valence-electron chi connectivity index (χ4n) is 6.81. The van der Waals surface area contributed by atoms with Gasteiger partial charge in [0, 0.05) is 74.0 Å². The minimum Gasteiger partial charge on any atom is -0.477 e. The predicted octanol–water partition coefficient (Wildman–Crippen LogP) is 5.56. The molecule has 1 aliphatic carbocycles. The largest absolute Gasteiger partial charge is 0.477 e. The molecule has 0 amide bonds. The molecular formula is C30H38ClN5O2. The molecule has 3 aliphatic rings. The third-order valence-corrected chi connectivity index (χ3v) is 9.16. The number of aromatic carboxylic acids is 1. The highest BCUT2D eigenvalue weighted by atomic mass is 35.5. The first-order chi connectivity index (χ1) is 18.5. The zero-order valence-electron chi connectivity index (χ0n) is 22.3. The first-order valence-corrected chi connectivity index (χ1v) is 14.7. The van der Waals surface area contributed by atoms with Crippen LogP contribution in [-0.4, -0.2) is 82.8 Å². The quantitative estimate of drug-likeness (QED) is 0.446. The summed E-state index contributed by atoms with van der Waals surface area (Å²) in [5.74, 6) is -0.516. The molecule has 0 unspecified atom stereocenters. The maximum Gasteiger partial charge on any atom is 0.354 e. The number of nitrogens with zero attached hydrogens (tertiary/aromatic N) is 5. The number of carbonyl (C=O) groups is 1. The van der Waals surface area contributed by atoms with Gasteiger partial charge in [0.15, 0.2) is 5.69 Å². The molecule has 6 rings (SSSR count). The summed E-state index contributed by atoms with van der Waals surface area (Å²) in [6, 6.07) is 9.96. The number of piperazine rings is 1. The summed E-state index contributed by atoms with van der Waals surface area (Å²) < 4.78 is 2.30. The van der Waals surface area contributed by atoms with Crippen molar-refractivity contribution in [2.45, 2.75) is 51.5 Å². The molecule has 0 spiro atoms. The van der Waals surface area contributed by atoms with Gasteiger partial charge in [0.05, 0.1) is 5.69 Å². The minimum atomic E-state index is -0.979. The number of anilines is 1. The van der Waals surface area contributed by atoms with Gasteiger partial charge in [0.1, 0.15) is 5.65 Å². The lowest BCUT2D eigenvalue weighted by Gasteiger charge is -2.35. The number of benzene rings is 1. The normalized spacial score (nSPS) is 19.4. The average Bonchev–Trinajstić information content (AvgIpc) is 3.18. The number of hydrogen-bond donors (Lipinski definition) is 1. The second-order valence-corrected chi connectivity index (χ2v) is 11.5. The summed E-state index contributed by atoms with van der Waals surface area (Å²) in [7, 11) is 0. The van der Waals surface area contributed by atoms with E-state index in [9.17, 15) is 9.90 Å². The Morgan fingerprint density at radius 1 is 0.974 bits per heavy atom. The van der Waals surface area contributed by atoms with Crippen LogP contribution in [0.5, 0.6) is 0 Å². The van der Waals surface area contributed by atoms with Crippen LogP contribution in [0.3, 0.4) is 0 Å². The van der Waals surface area contributed by atoms with Gasteiger partial charge >= 0.3 is 5.97 Å². The van der Waals surface area contributed by atoms with Gasteiger partial charge in [-0.3, -0.25) is 4.90 Å². The van der Waals surface area contributed by atoms with Crippen molar-refractivity contribution in [2.75, 3.05) is 57.3 Å². The number of rotatable bonds is 6. The molecule has 8 heteroatoms. The summed E-state index contributed by atoms with van der Waals surface area (Å²) in [6.45, 7) is 11.4. The highest BCUT2D eigenvalue weighted by Gasteiger charge is 2.31. The molecule has 202 valence electrons. The molecule has 0 bridgehead atoms. The van der Waals surface area contributed by atoms with Gasteiger partial charge in [0.2, 0.25) is 0 Å². The van der Waals surface area contributed by atoms with Gasteiger partial charge < -0.3 is 19.5 Å². The number of fused-ring (bicyclic) bond motifs is 5. The summed E-state index contributed by atoms with van der Waals surface area (Å²) >= 11 is 6.60. The Labute approximate surface area is 230 Å². The summed E-state index contributed by atoms with van der Waals surface area (Å²) in [6.07, 6.45) is 6.11. The second-order valence-electron chi connectivity index (χ2n) is 11.0. The molecule has 1 saturated heterocycles. The average molecular weight is 536 g/mol. The van der Waals surface area contributed by atoms with Crippen molar-refractivity contribution in [3.05, 3.63) is 46.6 Å². The molecule has 1 saturated carbocycles. The van der Waals surface area contributed by atoms with Crippen LogP contribution in [0.4, 0.5) is 5.69 Å². The monoisotopic (exact) mass is 535 g/mol. The standard InChI is InChI=1S/C30H38ClN5O2/c1-2-33-12-14-34(15-13-33)16-17-35-18-19-36-28(23-9-8-22(31)20-26(23)35)27(21-6-4-3-5-7-21)24-10-11-25(30(37)38)32-29(24)36/h8-11,20-21H,2-7,12-19H2,1H3,(H,37,38). The van der Waals surface area contributed by atoms with E-state index in [1.807, 2.05) is 12.1 Å². The lowest BCUT2D eigenvalue weighted by Crippen LogP contribution is -2.48. The number of halogens is 1. The van der Waals surface area contributed by atoms with Crippen molar-refractivity contribution < 1.29 is 9.90 Å². The molecule has 0 atom stereocenters. The molecule has 2 fully saturated rings. The van der Waals surface area contributed by atoms with E-state index in [2.05, 4.69) is 38.3 Å². The summed E-state index contributed by atoms with van der Waals surface area (Å²) in [5.41, 5.74) is 5.85. The fraction of sp³-hybridized carbons (Fsp3) is 0.533. The van der Waals surface area contributed by atoms with Gasteiger partial charge in [-0.2, -0.15) is 0 Å². The molecule has 4 heterocycles. The van der Waals surface area contributed by atoms with E-state index < -0.39 is 5.97 Å². The Kier molecular flexibility index (Phi) is 7.34. The molecule has 1 N–H and O–H groups in total. The molecular weight excluding hydrogens is 498 g/mol. The van der Waals surface area contributed by atoms with E-state index in [-0.39, 0.29) is 5.69 Å². The molecule has 38 heavy (non-hydrogen) atoms. The number of likely N-dealkylation sites (N-methyl/N-ethyl adjacent to an activating group) is 1. The number of aromatic nitrogens is 2. The van der Waals surface area contributed by atoms with Gasteiger partial charge in [0.25, 0.3) is 0 Å². The van der Waals surface area contributed by atoms with Crippen molar-refractivity contribution in [1.29, 1.82) is 0 Å². The van der Waals surface area contributed by atoms with Crippen LogP contribution in [0.1, 0.15) is 61.0 Å². The number of carboxylic acid groups (broad SMARTS) is 1. The SMILES string of the molecule is CCN1CCN(CCN2CCn3c(c(C4CCCCC4)c4ccc(C(=O)O)nc43)-c3ccc(Cl)cc32)CC1. The second kappa shape index (κ2) is 10.9. The lowest BCUT2D eigenvalue weighted by atomic mass is 9.82. The van der Waals surface area contributed by atoms with Crippen molar-refractivity contribution in [2.24, 2.45) is 0 Å². The first kappa shape index (κ1) is 25.7. The van der Waals surface area contributed by atoms with Gasteiger partial charge in [-0.1, -0.05) is 37.8 Å². The van der Waals surface area contributed by atoms with Crippen LogP contribution < -0.4 is 4.90 Å². The Hall–Kier alpha value is -2.61. The maximum absolute atomic E-state index is 11.8. The van der Waals surface area contributed by atoms with Gasteiger partial charge in [-0.05, 0) is 61.2 Å². The Morgan fingerprint density at radius 2 is 1.74 bits per heavy atom. The fourth-order valence-corrected chi connectivity index (χ4v) is 6.97. The van der Waals surface area contributed by atoms with Crippen LogP contribution in [0, 0.1) is 0 Å². The van der Waals surface area contributed by atoms with Crippen molar-refractivity contribution in [3.63, 3.8) is 0 Å². The van der Waals surface area contributed by atoms with Gasteiger partial charge in [-0.25, -0.2) is 9.78 Å². The van der Waals surface area contributed by atoms with Gasteiger partial charge in [-0.15, -0.1) is 0 Å². The number of carboxylic acids is 1. The molecule has 2 aliphatic heterocycles. The molecule has 7 nitrogen and oxygen atoms in total. The first-order valence-electron chi connectivity index (χ1n) is 14.3. The maximum atomic E-state index is 11.8. The van der Waals surface area contributed by atoms with E-state index in [4.69, 9.17) is 16.6 Å². The third kappa shape index (κ3) is 4.80. The number of pyridine rings is 1. The van der Waals surface area contributed by atoms with E-state index >= 15 is 0 Å². The Morgan fingerprint density at radius 3 is 2.47 bits per heavy atom. The molecule has 1 aromatic carbocycles. The van der Waals surface area contributed by atoms with E-state index in [1.165, 1.54) is 54.6 Å². The third-order valence-electron chi connectivity index (χ3n) is 8.93. The highest BCUT2D eigenvalue weighted by Crippen LogP contribution is 2.47. The number of hydrogen-bond acceptors (Lipinski definition) is 5. The van der Waals surface area contributed by atoms with Crippen molar-refractivity contribution in [1.82, 2.24) is 19.4 Å². The van der Waals surface area contributed by atoms with Crippen molar-refractivity contribution >= 4 is 34.3 Å². The van der Waals surface area contributed by atoms with E-state index in [0.29, 0.717) is 5.92 Å². The minimum absolute atomic E-state index is 0.108. The predicted molar refractivity (Wildman–Crippen MR) is 154 cm³/mol. The zero-order valence-corrected chi connectivity index (χ0v) is 23.1. The lowest BCUT2D eigenvalue weighted by molar-refractivity contribution is 0.0691. The molecule has 3 aromatic rings. The van der Waals surface area contributed by atoms with Crippen LogP contribution >= 0.6 is 11.6 Å². The van der Waals surface area contributed by atoms with E-state index in [1.54, 1.807) is 6.07 Å². The van der Waals surface area contributed by atoms with Crippen LogP contribution in [0.2, 0.25) is 5.02 Å². The summed E-state index contributed by atoms with van der Waals surface area (Å²) in [4.78, 5) is 24.1. The Bertz CT molecular complexity index is 1320. The van der Waals surface area contributed by atoms with Crippen LogP contribution in [0.25, 0.3) is 22.3 Å². The topological polar surface area (TPSA) is 64.8 Å². The van der Waals surface area contributed by atoms with Crippen molar-refractivity contribution in [3.8, 4) is 11.3 Å². The summed E-state index contributed by atoms with van der Waals surface area (Å²) in [5, 5.41) is 11.6.